The van der Waals surface area contributed by atoms with E-state index in [0.29, 0.717) is 24.7 Å². The van der Waals surface area contributed by atoms with Crippen LogP contribution in [-0.4, -0.2) is 45.3 Å². The molecule has 150 valence electrons. The van der Waals surface area contributed by atoms with Crippen molar-refractivity contribution in [2.24, 2.45) is 7.05 Å². The maximum absolute atomic E-state index is 12.9. The van der Waals surface area contributed by atoms with Crippen LogP contribution in [-0.2, 0) is 20.1 Å². The smallest absolute Gasteiger partial charge is 0.331 e. The Labute approximate surface area is 169 Å². The monoisotopic (exact) mass is 391 g/mol. The number of nitrogens with one attached hydrogen (secondary N) is 2. The van der Waals surface area contributed by atoms with Crippen LogP contribution in [0.5, 0.6) is 0 Å². The topological polar surface area (TPSA) is 80.0 Å². The summed E-state index contributed by atoms with van der Waals surface area (Å²) in [6, 6.07) is 10.1. The summed E-state index contributed by atoms with van der Waals surface area (Å²) in [6.45, 7) is 6.12. The standard InChI is InChI=1S/C21H25N7O/c1-3-4-12-28-17-18(26(2)21(28)29)24-20(23-15-16-8-6-5-7-9-16)25-19(17)27-13-10-22-11-14-27/h5-9,22H,10-15H2,1-2H3,(H,23,24,25). The molecule has 2 aromatic heterocycles. The largest absolute Gasteiger partial charge is 0.352 e. The van der Waals surface area contributed by atoms with Crippen LogP contribution in [0.4, 0.5) is 11.8 Å². The average Bonchev–Trinajstić information content (AvgIpc) is 3.01. The second kappa shape index (κ2) is 8.37. The second-order valence-corrected chi connectivity index (χ2v) is 6.97. The first kappa shape index (κ1) is 19.0. The normalized spacial score (nSPS) is 13.9. The Kier molecular flexibility index (Phi) is 5.49. The molecule has 1 aliphatic heterocycles. The van der Waals surface area contributed by atoms with Gasteiger partial charge in [-0.2, -0.15) is 9.97 Å². The first-order valence-corrected chi connectivity index (χ1v) is 9.79. The Bertz CT molecular complexity index is 1120. The molecule has 3 aromatic rings. The van der Waals surface area contributed by atoms with Crippen LogP contribution in [0.3, 0.4) is 0 Å². The minimum Gasteiger partial charge on any atom is -0.352 e. The molecule has 1 fully saturated rings. The van der Waals surface area contributed by atoms with Gasteiger partial charge in [-0.3, -0.25) is 9.13 Å². The molecule has 0 amide bonds. The lowest BCUT2D eigenvalue weighted by Gasteiger charge is -2.29. The van der Waals surface area contributed by atoms with Crippen LogP contribution < -0.4 is 21.2 Å². The van der Waals surface area contributed by atoms with Gasteiger partial charge in [-0.1, -0.05) is 36.3 Å². The second-order valence-electron chi connectivity index (χ2n) is 6.97. The van der Waals surface area contributed by atoms with Crippen molar-refractivity contribution in [3.8, 4) is 11.8 Å². The van der Waals surface area contributed by atoms with Crippen molar-refractivity contribution in [1.82, 2.24) is 24.4 Å². The number of rotatable bonds is 5. The van der Waals surface area contributed by atoms with Crippen molar-refractivity contribution in [1.29, 1.82) is 0 Å². The van der Waals surface area contributed by atoms with Gasteiger partial charge in [0.25, 0.3) is 0 Å². The highest BCUT2D eigenvalue weighted by Gasteiger charge is 2.23. The quantitative estimate of drug-likeness (QED) is 0.636. The molecule has 4 rings (SSSR count). The summed E-state index contributed by atoms with van der Waals surface area (Å²) in [5.41, 5.74) is 2.37. The highest BCUT2D eigenvalue weighted by atomic mass is 16.1. The summed E-state index contributed by atoms with van der Waals surface area (Å²) in [5.74, 6) is 7.17. The molecule has 3 heterocycles. The van der Waals surface area contributed by atoms with E-state index in [1.54, 1.807) is 23.1 Å². The summed E-state index contributed by atoms with van der Waals surface area (Å²) in [5, 5.41) is 6.68. The minimum absolute atomic E-state index is 0.131. The van der Waals surface area contributed by atoms with Crippen LogP contribution in [0.2, 0.25) is 0 Å². The van der Waals surface area contributed by atoms with Crippen molar-refractivity contribution in [3.63, 3.8) is 0 Å². The third-order valence-electron chi connectivity index (χ3n) is 5.08. The molecule has 8 heteroatoms. The highest BCUT2D eigenvalue weighted by molar-refractivity contribution is 5.86. The molecule has 0 radical (unpaired) electrons. The molecule has 0 aliphatic carbocycles. The van der Waals surface area contributed by atoms with Gasteiger partial charge in [-0.25, -0.2) is 4.79 Å². The number of benzene rings is 1. The number of imidazole rings is 1. The van der Waals surface area contributed by atoms with E-state index >= 15 is 0 Å². The fourth-order valence-corrected chi connectivity index (χ4v) is 3.53. The lowest BCUT2D eigenvalue weighted by atomic mass is 10.2. The van der Waals surface area contributed by atoms with Crippen LogP contribution in [0.25, 0.3) is 11.2 Å². The molecule has 29 heavy (non-hydrogen) atoms. The first-order chi connectivity index (χ1) is 14.2. The number of piperazine rings is 1. The van der Waals surface area contributed by atoms with Gasteiger partial charge >= 0.3 is 5.69 Å². The summed E-state index contributed by atoms with van der Waals surface area (Å²) < 4.78 is 3.25. The summed E-state index contributed by atoms with van der Waals surface area (Å²) in [4.78, 5) is 24.6. The van der Waals surface area contributed by atoms with Crippen LogP contribution in [0.15, 0.2) is 35.1 Å². The Morgan fingerprint density at radius 2 is 1.93 bits per heavy atom. The van der Waals surface area contributed by atoms with Gasteiger partial charge in [-0.15, -0.1) is 5.92 Å². The predicted octanol–water partition coefficient (Wildman–Crippen LogP) is 1.17. The maximum atomic E-state index is 12.9. The summed E-state index contributed by atoms with van der Waals surface area (Å²) in [7, 11) is 1.75. The van der Waals surface area contributed by atoms with E-state index in [4.69, 9.17) is 4.98 Å². The fourth-order valence-electron chi connectivity index (χ4n) is 3.53. The Morgan fingerprint density at radius 3 is 2.66 bits per heavy atom. The maximum Gasteiger partial charge on any atom is 0.331 e. The van der Waals surface area contributed by atoms with Gasteiger partial charge in [0.2, 0.25) is 5.95 Å². The van der Waals surface area contributed by atoms with Gasteiger partial charge in [-0.05, 0) is 12.5 Å². The van der Waals surface area contributed by atoms with E-state index < -0.39 is 0 Å². The lowest BCUT2D eigenvalue weighted by molar-refractivity contribution is 0.585. The lowest BCUT2D eigenvalue weighted by Crippen LogP contribution is -2.44. The Morgan fingerprint density at radius 1 is 1.17 bits per heavy atom. The SMILES string of the molecule is CC#CCn1c(=O)n(C)c2nc(NCc3ccccc3)nc(N3CCNCC3)c21. The van der Waals surface area contributed by atoms with E-state index in [2.05, 4.69) is 44.5 Å². The number of aryl methyl sites for hydroxylation is 1. The number of hydrogen-bond donors (Lipinski definition) is 2. The molecule has 1 aromatic carbocycles. The Hall–Kier alpha value is -3.31. The van der Waals surface area contributed by atoms with Gasteiger partial charge in [0, 0.05) is 39.8 Å². The molecule has 0 unspecified atom stereocenters. The number of anilines is 2. The van der Waals surface area contributed by atoms with Crippen LogP contribution >= 0.6 is 0 Å². The molecule has 0 spiro atoms. The van der Waals surface area contributed by atoms with Gasteiger partial charge in [0.1, 0.15) is 5.52 Å². The number of fused-ring (bicyclic) bond motifs is 1. The summed E-state index contributed by atoms with van der Waals surface area (Å²) >= 11 is 0. The molecular formula is C21H25N7O. The summed E-state index contributed by atoms with van der Waals surface area (Å²) in [6.07, 6.45) is 0. The van der Waals surface area contributed by atoms with Crippen molar-refractivity contribution in [2.45, 2.75) is 20.0 Å². The zero-order chi connectivity index (χ0) is 20.2. The van der Waals surface area contributed by atoms with Crippen molar-refractivity contribution in [3.05, 3.63) is 46.4 Å². The van der Waals surface area contributed by atoms with Gasteiger partial charge in [0.15, 0.2) is 11.5 Å². The minimum atomic E-state index is -0.131. The van der Waals surface area contributed by atoms with E-state index in [-0.39, 0.29) is 5.69 Å². The third kappa shape index (κ3) is 3.82. The number of nitrogens with zero attached hydrogens (tertiary/aromatic N) is 5. The molecule has 1 saturated heterocycles. The number of aromatic nitrogens is 4. The van der Waals surface area contributed by atoms with Crippen molar-refractivity contribution in [2.75, 3.05) is 36.4 Å². The molecule has 2 N–H and O–H groups in total. The van der Waals surface area contributed by atoms with E-state index in [0.717, 1.165) is 43.1 Å². The molecule has 1 aliphatic rings. The molecule has 0 saturated carbocycles. The van der Waals surface area contributed by atoms with E-state index in [1.165, 1.54) is 0 Å². The number of hydrogen-bond acceptors (Lipinski definition) is 6. The fraction of sp³-hybridized carbons (Fsp3) is 0.381. The molecule has 8 nitrogen and oxygen atoms in total. The van der Waals surface area contributed by atoms with Crippen LogP contribution in [0.1, 0.15) is 12.5 Å². The van der Waals surface area contributed by atoms with Crippen molar-refractivity contribution < 1.29 is 0 Å². The zero-order valence-electron chi connectivity index (χ0n) is 16.8. The zero-order valence-corrected chi connectivity index (χ0v) is 16.8. The molecule has 0 bridgehead atoms. The van der Waals surface area contributed by atoms with Gasteiger partial charge in [0.05, 0.1) is 6.54 Å². The van der Waals surface area contributed by atoms with Crippen molar-refractivity contribution >= 4 is 22.9 Å². The van der Waals surface area contributed by atoms with E-state index in [1.807, 2.05) is 18.2 Å². The first-order valence-electron chi connectivity index (χ1n) is 9.79. The Balaban J connectivity index is 1.80. The molecule has 0 atom stereocenters. The van der Waals surface area contributed by atoms with Gasteiger partial charge < -0.3 is 15.5 Å². The van der Waals surface area contributed by atoms with Crippen LogP contribution in [0, 0.1) is 11.8 Å². The predicted molar refractivity (Wildman–Crippen MR) is 115 cm³/mol. The van der Waals surface area contributed by atoms with E-state index in [9.17, 15) is 4.79 Å². The molecular weight excluding hydrogens is 366 g/mol. The third-order valence-corrected chi connectivity index (χ3v) is 5.08. The highest BCUT2D eigenvalue weighted by Crippen LogP contribution is 2.25. The average molecular weight is 391 g/mol.